The molecule has 1 aromatic rings. The van der Waals surface area contributed by atoms with Crippen LogP contribution < -0.4 is 0 Å². The van der Waals surface area contributed by atoms with E-state index in [0.29, 0.717) is 5.75 Å². The van der Waals surface area contributed by atoms with Crippen molar-refractivity contribution in [3.05, 3.63) is 28.2 Å². The van der Waals surface area contributed by atoms with Crippen LogP contribution in [0.5, 0.6) is 5.75 Å². The zero-order valence-corrected chi connectivity index (χ0v) is 8.80. The number of benzene rings is 1. The molecule has 0 aliphatic rings. The van der Waals surface area contributed by atoms with E-state index in [1.807, 2.05) is 31.1 Å². The third-order valence-electron chi connectivity index (χ3n) is 1.57. The Morgan fingerprint density at radius 1 is 1.42 bits per heavy atom. The summed E-state index contributed by atoms with van der Waals surface area (Å²) in [6.45, 7) is 0.743. The van der Waals surface area contributed by atoms with E-state index < -0.39 is 0 Å². The van der Waals surface area contributed by atoms with Crippen LogP contribution in [0.25, 0.3) is 0 Å². The molecule has 1 N–H and O–H groups in total. The minimum atomic E-state index is 0.345. The Bertz CT molecular complexity index is 253. The number of phenolic OH excluding ortho intramolecular Hbond substituents is 1. The summed E-state index contributed by atoms with van der Waals surface area (Å²) >= 11 is 3.39. The van der Waals surface area contributed by atoms with Gasteiger partial charge in [-0.25, -0.2) is 0 Å². The Morgan fingerprint density at radius 2 is 2.08 bits per heavy atom. The monoisotopic (exact) mass is 229 g/mol. The van der Waals surface area contributed by atoms with Crippen molar-refractivity contribution in [1.82, 2.24) is 4.90 Å². The molecular formula is C9H12BrNO. The van der Waals surface area contributed by atoms with Crippen molar-refractivity contribution in [3.63, 3.8) is 0 Å². The number of hydrogen-bond donors (Lipinski definition) is 1. The molecule has 1 aromatic carbocycles. The van der Waals surface area contributed by atoms with Gasteiger partial charge in [0.05, 0.1) is 0 Å². The van der Waals surface area contributed by atoms with Gasteiger partial charge in [-0.3, -0.25) is 0 Å². The first kappa shape index (κ1) is 9.55. The van der Waals surface area contributed by atoms with E-state index in [0.717, 1.165) is 16.6 Å². The third-order valence-corrected chi connectivity index (χ3v) is 2.31. The Hall–Kier alpha value is -0.540. The molecule has 12 heavy (non-hydrogen) atoms. The van der Waals surface area contributed by atoms with Gasteiger partial charge in [0.25, 0.3) is 0 Å². The lowest BCUT2D eigenvalue weighted by Gasteiger charge is -2.12. The van der Waals surface area contributed by atoms with E-state index in [1.54, 1.807) is 6.07 Å². The van der Waals surface area contributed by atoms with Gasteiger partial charge >= 0.3 is 0 Å². The van der Waals surface area contributed by atoms with Gasteiger partial charge in [-0.05, 0) is 26.2 Å². The molecule has 0 atom stereocenters. The molecule has 3 heteroatoms. The van der Waals surface area contributed by atoms with Crippen LogP contribution in [0.15, 0.2) is 22.7 Å². The van der Waals surface area contributed by atoms with E-state index in [1.165, 1.54) is 0 Å². The smallest absolute Gasteiger partial charge is 0.121 e. The lowest BCUT2D eigenvalue weighted by molar-refractivity contribution is 0.385. The summed E-state index contributed by atoms with van der Waals surface area (Å²) in [5.74, 6) is 0.345. The third kappa shape index (κ3) is 2.22. The molecule has 0 aliphatic heterocycles. The predicted molar refractivity (Wildman–Crippen MR) is 53.2 cm³/mol. The lowest BCUT2D eigenvalue weighted by atomic mass is 10.2. The molecule has 0 saturated carbocycles. The average Bonchev–Trinajstić information content (AvgIpc) is 1.97. The van der Waals surface area contributed by atoms with Crippen molar-refractivity contribution >= 4 is 15.9 Å². The zero-order valence-electron chi connectivity index (χ0n) is 7.21. The van der Waals surface area contributed by atoms with Crippen LogP contribution in [0.2, 0.25) is 0 Å². The fraction of sp³-hybridized carbons (Fsp3) is 0.333. The number of nitrogens with zero attached hydrogens (tertiary/aromatic N) is 1. The summed E-state index contributed by atoms with van der Waals surface area (Å²) < 4.78 is 0.955. The number of hydrogen-bond acceptors (Lipinski definition) is 2. The molecule has 0 fully saturated rings. The van der Waals surface area contributed by atoms with Crippen LogP contribution in [0.4, 0.5) is 0 Å². The maximum atomic E-state index is 9.48. The van der Waals surface area contributed by atoms with E-state index in [4.69, 9.17) is 0 Å². The van der Waals surface area contributed by atoms with Crippen molar-refractivity contribution in [1.29, 1.82) is 0 Å². The molecule has 2 nitrogen and oxygen atoms in total. The van der Waals surface area contributed by atoms with Crippen LogP contribution in [0.1, 0.15) is 5.56 Å². The Morgan fingerprint density at radius 3 is 2.58 bits per heavy atom. The standard InChI is InChI=1S/C9H12BrNO/c1-11(2)6-7-8(10)4-3-5-9(7)12/h3-5,12H,6H2,1-2H3. The summed E-state index contributed by atoms with van der Waals surface area (Å²) in [6.07, 6.45) is 0. The van der Waals surface area contributed by atoms with E-state index in [2.05, 4.69) is 15.9 Å². The number of aromatic hydroxyl groups is 1. The highest BCUT2D eigenvalue weighted by molar-refractivity contribution is 9.10. The highest BCUT2D eigenvalue weighted by Gasteiger charge is 2.05. The second-order valence-corrected chi connectivity index (χ2v) is 3.83. The van der Waals surface area contributed by atoms with Crippen molar-refractivity contribution in [2.24, 2.45) is 0 Å². The summed E-state index contributed by atoms with van der Waals surface area (Å²) in [5.41, 5.74) is 0.933. The predicted octanol–water partition coefficient (Wildman–Crippen LogP) is 2.22. The molecule has 0 aromatic heterocycles. The topological polar surface area (TPSA) is 23.5 Å². The minimum absolute atomic E-state index is 0.345. The van der Waals surface area contributed by atoms with Crippen molar-refractivity contribution in [2.75, 3.05) is 14.1 Å². The van der Waals surface area contributed by atoms with Crippen molar-refractivity contribution in [3.8, 4) is 5.75 Å². The quantitative estimate of drug-likeness (QED) is 0.841. The first-order chi connectivity index (χ1) is 5.61. The molecule has 1 rings (SSSR count). The summed E-state index contributed by atoms with van der Waals surface area (Å²) in [6, 6.07) is 5.45. The second kappa shape index (κ2) is 3.92. The zero-order chi connectivity index (χ0) is 9.14. The molecule has 0 spiro atoms. The summed E-state index contributed by atoms with van der Waals surface area (Å²) in [7, 11) is 3.94. The highest BCUT2D eigenvalue weighted by atomic mass is 79.9. The molecule has 66 valence electrons. The van der Waals surface area contributed by atoms with Gasteiger partial charge in [-0.15, -0.1) is 0 Å². The molecule has 0 radical (unpaired) electrons. The molecule has 0 unspecified atom stereocenters. The summed E-state index contributed by atoms with van der Waals surface area (Å²) in [4.78, 5) is 2.01. The van der Waals surface area contributed by atoms with Crippen molar-refractivity contribution < 1.29 is 5.11 Å². The number of phenols is 1. The SMILES string of the molecule is CN(C)Cc1c(O)cccc1Br. The van der Waals surface area contributed by atoms with Crippen LogP contribution in [0, 0.1) is 0 Å². The normalized spacial score (nSPS) is 10.7. The second-order valence-electron chi connectivity index (χ2n) is 2.98. The Kier molecular flexibility index (Phi) is 3.12. The maximum Gasteiger partial charge on any atom is 0.121 e. The fourth-order valence-electron chi connectivity index (χ4n) is 1.02. The molecule has 0 aliphatic carbocycles. The molecule has 0 amide bonds. The molecular weight excluding hydrogens is 218 g/mol. The first-order valence-corrected chi connectivity index (χ1v) is 4.51. The van der Waals surface area contributed by atoms with Crippen LogP contribution >= 0.6 is 15.9 Å². The van der Waals surface area contributed by atoms with Gasteiger partial charge in [0.1, 0.15) is 5.75 Å². The number of halogens is 1. The van der Waals surface area contributed by atoms with Crippen LogP contribution in [0.3, 0.4) is 0 Å². The molecule has 0 bridgehead atoms. The lowest BCUT2D eigenvalue weighted by Crippen LogP contribution is -2.11. The van der Waals surface area contributed by atoms with E-state index in [-0.39, 0.29) is 0 Å². The van der Waals surface area contributed by atoms with E-state index in [9.17, 15) is 5.11 Å². The van der Waals surface area contributed by atoms with E-state index >= 15 is 0 Å². The average molecular weight is 230 g/mol. The first-order valence-electron chi connectivity index (χ1n) is 3.72. The maximum absolute atomic E-state index is 9.48. The molecule has 0 heterocycles. The van der Waals surface area contributed by atoms with Gasteiger partial charge in [0, 0.05) is 16.6 Å². The number of rotatable bonds is 2. The summed E-state index contributed by atoms with van der Waals surface area (Å²) in [5, 5.41) is 9.48. The van der Waals surface area contributed by atoms with Gasteiger partial charge in [0.2, 0.25) is 0 Å². The van der Waals surface area contributed by atoms with Gasteiger partial charge in [-0.1, -0.05) is 22.0 Å². The Balaban J connectivity index is 2.96. The largest absolute Gasteiger partial charge is 0.508 e. The molecule has 0 saturated heterocycles. The van der Waals surface area contributed by atoms with Crippen LogP contribution in [-0.4, -0.2) is 24.1 Å². The minimum Gasteiger partial charge on any atom is -0.508 e. The highest BCUT2D eigenvalue weighted by Crippen LogP contribution is 2.26. The van der Waals surface area contributed by atoms with Crippen molar-refractivity contribution in [2.45, 2.75) is 6.54 Å². The van der Waals surface area contributed by atoms with Gasteiger partial charge in [0.15, 0.2) is 0 Å². The van der Waals surface area contributed by atoms with Gasteiger partial charge in [-0.2, -0.15) is 0 Å². The Labute approximate surface area is 80.9 Å². The van der Waals surface area contributed by atoms with Crippen LogP contribution in [-0.2, 0) is 6.54 Å². The fourth-order valence-corrected chi connectivity index (χ4v) is 1.50. The van der Waals surface area contributed by atoms with Gasteiger partial charge < -0.3 is 10.0 Å².